The van der Waals surface area contributed by atoms with Crippen molar-refractivity contribution in [3.63, 3.8) is 0 Å². The Balaban J connectivity index is 1.12. The van der Waals surface area contributed by atoms with Gasteiger partial charge in [-0.3, -0.25) is 19.5 Å². The highest BCUT2D eigenvalue weighted by atomic mass is 32.2. The molecule has 7 nitrogen and oxygen atoms in total. The summed E-state index contributed by atoms with van der Waals surface area (Å²) in [5, 5.41) is 0.790. The van der Waals surface area contributed by atoms with Crippen LogP contribution in [0, 0.1) is 0 Å². The molecule has 2 aliphatic rings. The molecular formula is C23H27N5O2S2. The SMILES string of the molecule is O=C(CSCc1nc2sc3c(c2c(=O)[nH]1)CCCC3)N1CCN(Cc2cccnc2)CC1. The minimum atomic E-state index is -0.0268. The van der Waals surface area contributed by atoms with Crippen LogP contribution < -0.4 is 5.56 Å². The van der Waals surface area contributed by atoms with E-state index in [-0.39, 0.29) is 11.5 Å². The average Bonchev–Trinajstić information content (AvgIpc) is 3.19. The van der Waals surface area contributed by atoms with Gasteiger partial charge in [-0.25, -0.2) is 4.98 Å². The quantitative estimate of drug-likeness (QED) is 0.598. The molecule has 1 aliphatic heterocycles. The van der Waals surface area contributed by atoms with Crippen molar-refractivity contribution in [1.82, 2.24) is 24.8 Å². The zero-order valence-corrected chi connectivity index (χ0v) is 19.6. The number of H-pyrrole nitrogens is 1. The van der Waals surface area contributed by atoms with Crippen molar-refractivity contribution in [1.29, 1.82) is 0 Å². The summed E-state index contributed by atoms with van der Waals surface area (Å²) in [4.78, 5) is 43.6. The van der Waals surface area contributed by atoms with Crippen LogP contribution in [0.4, 0.5) is 0 Å². The van der Waals surface area contributed by atoms with Gasteiger partial charge >= 0.3 is 0 Å². The van der Waals surface area contributed by atoms with Gasteiger partial charge in [0.15, 0.2) is 0 Å². The summed E-state index contributed by atoms with van der Waals surface area (Å²) in [6.07, 6.45) is 8.07. The van der Waals surface area contributed by atoms with E-state index in [1.54, 1.807) is 17.5 Å². The zero-order valence-electron chi connectivity index (χ0n) is 18.0. The Morgan fingerprint density at radius 1 is 1.19 bits per heavy atom. The molecule has 0 bridgehead atoms. The molecular weight excluding hydrogens is 442 g/mol. The van der Waals surface area contributed by atoms with Gasteiger partial charge in [-0.15, -0.1) is 23.1 Å². The number of nitrogens with zero attached hydrogens (tertiary/aromatic N) is 4. The number of nitrogens with one attached hydrogen (secondary N) is 1. The summed E-state index contributed by atoms with van der Waals surface area (Å²) in [6, 6.07) is 4.04. The second-order valence-corrected chi connectivity index (χ2v) is 10.5. The van der Waals surface area contributed by atoms with Crippen molar-refractivity contribution in [3.05, 3.63) is 56.7 Å². The number of pyridine rings is 1. The van der Waals surface area contributed by atoms with Crippen LogP contribution in [0.15, 0.2) is 29.3 Å². The summed E-state index contributed by atoms with van der Waals surface area (Å²) < 4.78 is 0. The number of aromatic amines is 1. The Morgan fingerprint density at radius 3 is 2.84 bits per heavy atom. The Bertz CT molecular complexity index is 1150. The maximum atomic E-state index is 12.7. The molecule has 0 unspecified atom stereocenters. The van der Waals surface area contributed by atoms with Gasteiger partial charge in [0.05, 0.1) is 16.9 Å². The van der Waals surface area contributed by atoms with Crippen LogP contribution in [0.2, 0.25) is 0 Å². The molecule has 1 fully saturated rings. The Labute approximate surface area is 195 Å². The molecule has 0 saturated carbocycles. The highest BCUT2D eigenvalue weighted by Crippen LogP contribution is 2.33. The lowest BCUT2D eigenvalue weighted by molar-refractivity contribution is -0.130. The molecule has 1 aliphatic carbocycles. The average molecular weight is 470 g/mol. The van der Waals surface area contributed by atoms with Crippen LogP contribution in [-0.2, 0) is 29.9 Å². The number of rotatable bonds is 6. The largest absolute Gasteiger partial charge is 0.339 e. The molecule has 0 aromatic carbocycles. The fourth-order valence-corrected chi connectivity index (χ4v) is 6.58. The number of amides is 1. The number of carbonyl (C=O) groups excluding carboxylic acids is 1. The molecule has 0 atom stereocenters. The molecule has 3 aromatic heterocycles. The zero-order chi connectivity index (χ0) is 21.9. The molecule has 3 aromatic rings. The van der Waals surface area contributed by atoms with Gasteiger partial charge in [0.25, 0.3) is 5.56 Å². The van der Waals surface area contributed by atoms with Crippen molar-refractivity contribution in [3.8, 4) is 0 Å². The number of hydrogen-bond donors (Lipinski definition) is 1. The maximum Gasteiger partial charge on any atom is 0.259 e. The van der Waals surface area contributed by atoms with Crippen molar-refractivity contribution in [2.45, 2.75) is 38.0 Å². The molecule has 0 radical (unpaired) electrons. The van der Waals surface area contributed by atoms with Crippen LogP contribution in [0.5, 0.6) is 0 Å². The second-order valence-electron chi connectivity index (χ2n) is 8.41. The van der Waals surface area contributed by atoms with Crippen LogP contribution >= 0.6 is 23.1 Å². The lowest BCUT2D eigenvalue weighted by atomic mass is 9.97. The fourth-order valence-electron chi connectivity index (χ4n) is 4.51. The van der Waals surface area contributed by atoms with E-state index in [1.165, 1.54) is 34.2 Å². The Hall–Kier alpha value is -2.23. The summed E-state index contributed by atoms with van der Waals surface area (Å²) in [5.41, 5.74) is 2.39. The molecule has 9 heteroatoms. The monoisotopic (exact) mass is 469 g/mol. The van der Waals surface area contributed by atoms with E-state index >= 15 is 0 Å². The first-order valence-corrected chi connectivity index (χ1v) is 13.1. The van der Waals surface area contributed by atoms with Crippen LogP contribution in [0.3, 0.4) is 0 Å². The van der Waals surface area contributed by atoms with Crippen LogP contribution in [0.25, 0.3) is 10.2 Å². The van der Waals surface area contributed by atoms with Gasteiger partial charge in [-0.2, -0.15) is 0 Å². The topological polar surface area (TPSA) is 82.2 Å². The molecule has 168 valence electrons. The normalized spacial score (nSPS) is 16.9. The van der Waals surface area contributed by atoms with E-state index in [4.69, 9.17) is 4.98 Å². The molecule has 32 heavy (non-hydrogen) atoms. The van der Waals surface area contributed by atoms with Crippen LogP contribution in [-0.4, -0.2) is 62.6 Å². The fraction of sp³-hybridized carbons (Fsp3) is 0.478. The number of fused-ring (bicyclic) bond motifs is 3. The minimum Gasteiger partial charge on any atom is -0.339 e. The number of piperazine rings is 1. The third-order valence-electron chi connectivity index (χ3n) is 6.19. The molecule has 1 amide bonds. The van der Waals surface area contributed by atoms with Gasteiger partial charge in [-0.05, 0) is 42.9 Å². The first-order chi connectivity index (χ1) is 15.7. The number of hydrogen-bond acceptors (Lipinski definition) is 7. The standard InChI is InChI=1S/C23H27N5O2S2/c29-20(28-10-8-27(9-11-28)13-16-4-3-7-24-12-16)15-31-14-19-25-22(30)21-17-5-1-2-6-18(17)32-23(21)26-19/h3-4,7,12H,1-2,5-6,8-11,13-15H2,(H,25,26,30). The minimum absolute atomic E-state index is 0.0268. The Morgan fingerprint density at radius 2 is 2.03 bits per heavy atom. The summed E-state index contributed by atoms with van der Waals surface area (Å²) >= 11 is 3.19. The lowest BCUT2D eigenvalue weighted by Gasteiger charge is -2.34. The molecule has 0 spiro atoms. The molecule has 5 rings (SSSR count). The van der Waals surface area contributed by atoms with Gasteiger partial charge in [0, 0.05) is 50.0 Å². The van der Waals surface area contributed by atoms with Gasteiger partial charge < -0.3 is 9.88 Å². The summed E-state index contributed by atoms with van der Waals surface area (Å²) in [6.45, 7) is 4.13. The number of thiophene rings is 1. The smallest absolute Gasteiger partial charge is 0.259 e. The lowest BCUT2D eigenvalue weighted by Crippen LogP contribution is -2.48. The molecule has 1 N–H and O–H groups in total. The highest BCUT2D eigenvalue weighted by molar-refractivity contribution is 7.99. The van der Waals surface area contributed by atoms with E-state index < -0.39 is 0 Å². The number of thioether (sulfide) groups is 1. The first-order valence-electron chi connectivity index (χ1n) is 11.2. The molecule has 4 heterocycles. The van der Waals surface area contributed by atoms with Gasteiger partial charge in [-0.1, -0.05) is 6.07 Å². The first kappa shape index (κ1) is 21.6. The second kappa shape index (κ2) is 9.72. The van der Waals surface area contributed by atoms with Crippen molar-refractivity contribution < 1.29 is 4.79 Å². The van der Waals surface area contributed by atoms with Crippen molar-refractivity contribution in [2.24, 2.45) is 0 Å². The predicted molar refractivity (Wildman–Crippen MR) is 129 cm³/mol. The van der Waals surface area contributed by atoms with E-state index in [1.807, 2.05) is 17.2 Å². The van der Waals surface area contributed by atoms with E-state index in [0.29, 0.717) is 17.3 Å². The third-order valence-corrected chi connectivity index (χ3v) is 8.31. The van der Waals surface area contributed by atoms with Crippen molar-refractivity contribution in [2.75, 3.05) is 31.9 Å². The molecule has 1 saturated heterocycles. The van der Waals surface area contributed by atoms with Gasteiger partial charge in [0.2, 0.25) is 5.91 Å². The highest BCUT2D eigenvalue weighted by Gasteiger charge is 2.22. The maximum absolute atomic E-state index is 12.7. The summed E-state index contributed by atoms with van der Waals surface area (Å²) in [7, 11) is 0. The van der Waals surface area contributed by atoms with Crippen LogP contribution in [0.1, 0.15) is 34.7 Å². The van der Waals surface area contributed by atoms with E-state index in [0.717, 1.165) is 62.2 Å². The number of aromatic nitrogens is 3. The Kier molecular flexibility index (Phi) is 6.56. The number of carbonyl (C=O) groups is 1. The van der Waals surface area contributed by atoms with E-state index in [9.17, 15) is 9.59 Å². The number of aryl methyl sites for hydroxylation is 2. The van der Waals surface area contributed by atoms with E-state index in [2.05, 4.69) is 20.9 Å². The van der Waals surface area contributed by atoms with Crippen molar-refractivity contribution >= 4 is 39.2 Å². The predicted octanol–water partition coefficient (Wildman–Crippen LogP) is 2.84. The third kappa shape index (κ3) is 4.74. The summed E-state index contributed by atoms with van der Waals surface area (Å²) in [5.74, 6) is 1.78. The van der Waals surface area contributed by atoms with Gasteiger partial charge in [0.1, 0.15) is 10.7 Å².